The Hall–Kier alpha value is -1.68. The molecule has 0 bridgehead atoms. The standard InChI is InChI=1S/C15H20N4/c16-9-14(11-5-1-2-6-11)19-15-10-17-12-7-3-4-8-13(12)18-15/h3-4,7-8,10-11,14H,1-2,5-6,9,16H2,(H,18,19). The number of nitrogens with zero attached hydrogens (tertiary/aromatic N) is 2. The van der Waals surface area contributed by atoms with Crippen molar-refractivity contribution in [1.29, 1.82) is 0 Å². The van der Waals surface area contributed by atoms with Crippen LogP contribution in [0.5, 0.6) is 0 Å². The SMILES string of the molecule is NCC(Nc1cnc2ccccc2n1)C1CCCC1. The van der Waals surface area contributed by atoms with Gasteiger partial charge in [-0.15, -0.1) is 0 Å². The van der Waals surface area contributed by atoms with E-state index in [1.165, 1.54) is 25.7 Å². The van der Waals surface area contributed by atoms with Gasteiger partial charge in [-0.25, -0.2) is 4.98 Å². The van der Waals surface area contributed by atoms with Gasteiger partial charge in [-0.1, -0.05) is 25.0 Å². The van der Waals surface area contributed by atoms with Gasteiger partial charge in [0.25, 0.3) is 0 Å². The molecule has 2 aromatic rings. The minimum absolute atomic E-state index is 0.318. The van der Waals surface area contributed by atoms with Crippen LogP contribution in [0.3, 0.4) is 0 Å². The topological polar surface area (TPSA) is 63.8 Å². The average molecular weight is 256 g/mol. The first-order chi connectivity index (χ1) is 9.36. The highest BCUT2D eigenvalue weighted by atomic mass is 15.0. The van der Waals surface area contributed by atoms with Crippen molar-refractivity contribution in [2.24, 2.45) is 11.7 Å². The third-order valence-electron chi connectivity index (χ3n) is 4.00. The first kappa shape index (κ1) is 12.4. The zero-order valence-electron chi connectivity index (χ0n) is 11.0. The molecule has 3 rings (SSSR count). The van der Waals surface area contributed by atoms with Crippen molar-refractivity contribution in [3.8, 4) is 0 Å². The van der Waals surface area contributed by atoms with E-state index in [0.29, 0.717) is 18.5 Å². The first-order valence-corrected chi connectivity index (χ1v) is 7.05. The molecule has 1 saturated carbocycles. The van der Waals surface area contributed by atoms with Crippen LogP contribution < -0.4 is 11.1 Å². The molecule has 1 heterocycles. The maximum absolute atomic E-state index is 5.90. The van der Waals surface area contributed by atoms with Crippen LogP contribution in [0.4, 0.5) is 5.82 Å². The number of hydrogen-bond donors (Lipinski definition) is 2. The van der Waals surface area contributed by atoms with Gasteiger partial charge in [0.2, 0.25) is 0 Å². The fourth-order valence-corrected chi connectivity index (χ4v) is 2.95. The lowest BCUT2D eigenvalue weighted by molar-refractivity contribution is 0.461. The summed E-state index contributed by atoms with van der Waals surface area (Å²) in [6.07, 6.45) is 7.00. The van der Waals surface area contributed by atoms with Gasteiger partial charge < -0.3 is 11.1 Å². The molecule has 1 fully saturated rings. The molecule has 3 N–H and O–H groups in total. The van der Waals surface area contributed by atoms with E-state index in [9.17, 15) is 0 Å². The third-order valence-corrected chi connectivity index (χ3v) is 4.00. The number of para-hydroxylation sites is 2. The number of benzene rings is 1. The van der Waals surface area contributed by atoms with Crippen LogP contribution in [-0.2, 0) is 0 Å². The molecule has 1 aliphatic carbocycles. The van der Waals surface area contributed by atoms with Crippen molar-refractivity contribution in [3.63, 3.8) is 0 Å². The molecule has 0 saturated heterocycles. The van der Waals surface area contributed by atoms with Gasteiger partial charge in [-0.05, 0) is 30.9 Å². The van der Waals surface area contributed by atoms with Gasteiger partial charge in [0, 0.05) is 12.6 Å². The summed E-state index contributed by atoms with van der Waals surface area (Å²) in [5.41, 5.74) is 7.76. The van der Waals surface area contributed by atoms with Crippen LogP contribution in [0.1, 0.15) is 25.7 Å². The van der Waals surface area contributed by atoms with E-state index in [-0.39, 0.29) is 0 Å². The van der Waals surface area contributed by atoms with E-state index >= 15 is 0 Å². The summed E-state index contributed by atoms with van der Waals surface area (Å²) in [6, 6.07) is 8.24. The van der Waals surface area contributed by atoms with Crippen molar-refractivity contribution >= 4 is 16.9 Å². The summed E-state index contributed by atoms with van der Waals surface area (Å²) in [5, 5.41) is 3.46. The normalized spacial score (nSPS) is 17.7. The number of rotatable bonds is 4. The highest BCUT2D eigenvalue weighted by Gasteiger charge is 2.24. The van der Waals surface area contributed by atoms with Crippen LogP contribution >= 0.6 is 0 Å². The fraction of sp³-hybridized carbons (Fsp3) is 0.467. The smallest absolute Gasteiger partial charge is 0.145 e. The molecule has 1 unspecified atom stereocenters. The Morgan fingerprint density at radius 1 is 1.21 bits per heavy atom. The molecule has 0 aliphatic heterocycles. The first-order valence-electron chi connectivity index (χ1n) is 7.05. The summed E-state index contributed by atoms with van der Waals surface area (Å²) in [6.45, 7) is 0.652. The highest BCUT2D eigenvalue weighted by Crippen LogP contribution is 2.28. The van der Waals surface area contributed by atoms with E-state index < -0.39 is 0 Å². The number of nitrogens with two attached hydrogens (primary N) is 1. The Labute approximate surface area is 113 Å². The number of fused-ring (bicyclic) bond motifs is 1. The summed E-state index contributed by atoms with van der Waals surface area (Å²) in [7, 11) is 0. The summed E-state index contributed by atoms with van der Waals surface area (Å²) < 4.78 is 0. The number of anilines is 1. The molecule has 0 radical (unpaired) electrons. The second-order valence-corrected chi connectivity index (χ2v) is 5.28. The second kappa shape index (κ2) is 5.53. The molecule has 4 nitrogen and oxygen atoms in total. The summed E-state index contributed by atoms with van der Waals surface area (Å²) in [5.74, 6) is 1.51. The van der Waals surface area contributed by atoms with Gasteiger partial charge >= 0.3 is 0 Å². The maximum Gasteiger partial charge on any atom is 0.145 e. The quantitative estimate of drug-likeness (QED) is 0.882. The molecule has 1 atom stereocenters. The minimum Gasteiger partial charge on any atom is -0.364 e. The predicted molar refractivity (Wildman–Crippen MR) is 78.0 cm³/mol. The van der Waals surface area contributed by atoms with Gasteiger partial charge in [-0.3, -0.25) is 4.98 Å². The van der Waals surface area contributed by atoms with E-state index in [4.69, 9.17) is 5.73 Å². The molecule has 0 spiro atoms. The van der Waals surface area contributed by atoms with E-state index in [0.717, 1.165) is 16.9 Å². The van der Waals surface area contributed by atoms with Crippen molar-refractivity contribution < 1.29 is 0 Å². The number of aromatic nitrogens is 2. The van der Waals surface area contributed by atoms with Crippen LogP contribution in [0, 0.1) is 5.92 Å². The Morgan fingerprint density at radius 2 is 1.95 bits per heavy atom. The van der Waals surface area contributed by atoms with Crippen molar-refractivity contribution in [3.05, 3.63) is 30.5 Å². The Morgan fingerprint density at radius 3 is 2.68 bits per heavy atom. The van der Waals surface area contributed by atoms with Crippen LogP contribution in [-0.4, -0.2) is 22.6 Å². The van der Waals surface area contributed by atoms with Gasteiger partial charge in [0.1, 0.15) is 5.82 Å². The third kappa shape index (κ3) is 2.68. The molecule has 1 aromatic heterocycles. The zero-order chi connectivity index (χ0) is 13.1. The monoisotopic (exact) mass is 256 g/mol. The van der Waals surface area contributed by atoms with Gasteiger partial charge in [0.15, 0.2) is 0 Å². The second-order valence-electron chi connectivity index (χ2n) is 5.28. The minimum atomic E-state index is 0.318. The average Bonchev–Trinajstić information content (AvgIpc) is 2.98. The van der Waals surface area contributed by atoms with Gasteiger partial charge in [0.05, 0.1) is 17.2 Å². The lowest BCUT2D eigenvalue weighted by atomic mass is 9.98. The number of nitrogens with one attached hydrogen (secondary N) is 1. The Balaban J connectivity index is 1.79. The van der Waals surface area contributed by atoms with E-state index in [1.807, 2.05) is 24.3 Å². The Bertz CT molecular complexity index is 549. The zero-order valence-corrected chi connectivity index (χ0v) is 11.0. The van der Waals surface area contributed by atoms with Crippen molar-refractivity contribution in [2.75, 3.05) is 11.9 Å². The molecule has 4 heteroatoms. The van der Waals surface area contributed by atoms with Crippen molar-refractivity contribution in [2.45, 2.75) is 31.7 Å². The highest BCUT2D eigenvalue weighted by molar-refractivity contribution is 5.75. The maximum atomic E-state index is 5.90. The lowest BCUT2D eigenvalue weighted by Gasteiger charge is -2.23. The van der Waals surface area contributed by atoms with E-state index in [2.05, 4.69) is 15.3 Å². The van der Waals surface area contributed by atoms with Crippen molar-refractivity contribution in [1.82, 2.24) is 9.97 Å². The Kier molecular flexibility index (Phi) is 3.60. The molecule has 0 amide bonds. The van der Waals surface area contributed by atoms with Crippen LogP contribution in [0.15, 0.2) is 30.5 Å². The van der Waals surface area contributed by atoms with Gasteiger partial charge in [-0.2, -0.15) is 0 Å². The molecule has 19 heavy (non-hydrogen) atoms. The molecule has 100 valence electrons. The summed E-state index contributed by atoms with van der Waals surface area (Å²) >= 11 is 0. The number of hydrogen-bond acceptors (Lipinski definition) is 4. The van der Waals surface area contributed by atoms with Crippen LogP contribution in [0.25, 0.3) is 11.0 Å². The van der Waals surface area contributed by atoms with E-state index in [1.54, 1.807) is 6.20 Å². The largest absolute Gasteiger partial charge is 0.364 e. The molecular weight excluding hydrogens is 236 g/mol. The summed E-state index contributed by atoms with van der Waals surface area (Å²) in [4.78, 5) is 9.03. The predicted octanol–water partition coefficient (Wildman–Crippen LogP) is 2.56. The molecule has 1 aromatic carbocycles. The fourth-order valence-electron chi connectivity index (χ4n) is 2.95. The lowest BCUT2D eigenvalue weighted by Crippen LogP contribution is -2.35. The van der Waals surface area contributed by atoms with Crippen LogP contribution in [0.2, 0.25) is 0 Å². The molecule has 1 aliphatic rings. The molecular formula is C15H20N4.